The fourth-order valence-corrected chi connectivity index (χ4v) is 2.70. The predicted molar refractivity (Wildman–Crippen MR) is 71.1 cm³/mol. The lowest BCUT2D eigenvalue weighted by molar-refractivity contribution is 0.0696. The van der Waals surface area contributed by atoms with Gasteiger partial charge in [0.1, 0.15) is 10.7 Å². The van der Waals surface area contributed by atoms with Crippen LogP contribution >= 0.6 is 0 Å². The summed E-state index contributed by atoms with van der Waals surface area (Å²) in [5.74, 6) is -2.70. The molecule has 0 aliphatic carbocycles. The maximum Gasteiger partial charge on any atom is 0.335 e. The van der Waals surface area contributed by atoms with Crippen molar-refractivity contribution in [3.63, 3.8) is 0 Å². The second-order valence-corrected chi connectivity index (χ2v) is 6.31. The average molecular weight is 304 g/mol. The van der Waals surface area contributed by atoms with E-state index in [4.69, 9.17) is 9.84 Å². The van der Waals surface area contributed by atoms with Gasteiger partial charge in [-0.1, -0.05) is 13.3 Å². The highest BCUT2D eigenvalue weighted by atomic mass is 32.2. The Morgan fingerprint density at radius 2 is 2.05 bits per heavy atom. The molecule has 0 aromatic heterocycles. The van der Waals surface area contributed by atoms with E-state index in [0.717, 1.165) is 25.0 Å². The van der Waals surface area contributed by atoms with E-state index in [9.17, 15) is 17.6 Å². The molecule has 1 rings (SSSR count). The Bertz CT molecular complexity index is 568. The summed E-state index contributed by atoms with van der Waals surface area (Å²) in [7, 11) is -3.81. The molecular weight excluding hydrogens is 287 g/mol. The van der Waals surface area contributed by atoms with Crippen LogP contribution in [-0.2, 0) is 14.6 Å². The minimum absolute atomic E-state index is 0.0115. The molecule has 0 unspecified atom stereocenters. The molecule has 5 nitrogen and oxygen atoms in total. The molecule has 20 heavy (non-hydrogen) atoms. The van der Waals surface area contributed by atoms with Crippen LogP contribution in [0.15, 0.2) is 23.1 Å². The minimum Gasteiger partial charge on any atom is -0.478 e. The average Bonchev–Trinajstić information content (AvgIpc) is 2.37. The zero-order chi connectivity index (χ0) is 15.2. The lowest BCUT2D eigenvalue weighted by atomic mass is 10.2. The fourth-order valence-electron chi connectivity index (χ4n) is 1.51. The van der Waals surface area contributed by atoms with Crippen molar-refractivity contribution >= 4 is 15.8 Å². The number of hydrogen-bond donors (Lipinski definition) is 1. The number of ether oxygens (including phenoxy) is 1. The molecule has 1 aromatic carbocycles. The maximum atomic E-state index is 13.7. The van der Waals surface area contributed by atoms with Crippen molar-refractivity contribution in [3.8, 4) is 0 Å². The summed E-state index contributed by atoms with van der Waals surface area (Å²) in [5, 5.41) is 8.69. The monoisotopic (exact) mass is 304 g/mol. The zero-order valence-corrected chi connectivity index (χ0v) is 12.0. The Balaban J connectivity index is 2.75. The first-order valence-electron chi connectivity index (χ1n) is 6.22. The molecule has 0 amide bonds. The van der Waals surface area contributed by atoms with Gasteiger partial charge >= 0.3 is 5.97 Å². The molecule has 7 heteroatoms. The summed E-state index contributed by atoms with van der Waals surface area (Å²) in [6.45, 7) is 2.44. The van der Waals surface area contributed by atoms with Crippen LogP contribution in [0.3, 0.4) is 0 Å². The third-order valence-electron chi connectivity index (χ3n) is 2.65. The Morgan fingerprint density at radius 3 is 2.60 bits per heavy atom. The van der Waals surface area contributed by atoms with Crippen molar-refractivity contribution < 1.29 is 27.4 Å². The molecule has 0 saturated heterocycles. The first-order valence-corrected chi connectivity index (χ1v) is 7.87. The van der Waals surface area contributed by atoms with Gasteiger partial charge in [0, 0.05) is 6.61 Å². The molecule has 0 radical (unpaired) electrons. The van der Waals surface area contributed by atoms with Crippen LogP contribution in [0.4, 0.5) is 4.39 Å². The van der Waals surface area contributed by atoms with Gasteiger partial charge in [-0.3, -0.25) is 0 Å². The summed E-state index contributed by atoms with van der Waals surface area (Å²) in [4.78, 5) is 10.2. The van der Waals surface area contributed by atoms with Crippen LogP contribution in [0.5, 0.6) is 0 Å². The van der Waals surface area contributed by atoms with Gasteiger partial charge in [-0.2, -0.15) is 0 Å². The van der Waals surface area contributed by atoms with Gasteiger partial charge in [0.2, 0.25) is 0 Å². The number of rotatable bonds is 8. The minimum atomic E-state index is -3.81. The van der Waals surface area contributed by atoms with Crippen LogP contribution in [0, 0.1) is 5.82 Å². The van der Waals surface area contributed by atoms with E-state index in [1.807, 2.05) is 6.92 Å². The van der Waals surface area contributed by atoms with Gasteiger partial charge in [0.15, 0.2) is 9.84 Å². The molecule has 0 spiro atoms. The highest BCUT2D eigenvalue weighted by molar-refractivity contribution is 7.91. The summed E-state index contributed by atoms with van der Waals surface area (Å²) in [6.07, 6.45) is 1.78. The molecule has 1 N–H and O–H groups in total. The molecule has 0 atom stereocenters. The quantitative estimate of drug-likeness (QED) is 0.744. The molecule has 0 heterocycles. The Labute approximate surface area is 117 Å². The van der Waals surface area contributed by atoms with E-state index in [1.165, 1.54) is 0 Å². The number of aromatic carboxylic acids is 1. The smallest absolute Gasteiger partial charge is 0.335 e. The third-order valence-corrected chi connectivity index (χ3v) is 4.36. The highest BCUT2D eigenvalue weighted by Crippen LogP contribution is 2.17. The number of carboxylic acids is 1. The maximum absolute atomic E-state index is 13.7. The van der Waals surface area contributed by atoms with Gasteiger partial charge in [0.05, 0.1) is 17.9 Å². The molecule has 0 bridgehead atoms. The molecule has 112 valence electrons. The van der Waals surface area contributed by atoms with Crippen molar-refractivity contribution in [2.45, 2.75) is 24.7 Å². The van der Waals surface area contributed by atoms with Crippen LogP contribution in [0.1, 0.15) is 30.1 Å². The fraction of sp³-hybridized carbons (Fsp3) is 0.462. The number of sulfone groups is 1. The number of halogens is 1. The van der Waals surface area contributed by atoms with Crippen molar-refractivity contribution in [2.75, 3.05) is 19.0 Å². The van der Waals surface area contributed by atoms with Crippen molar-refractivity contribution in [1.29, 1.82) is 0 Å². The third kappa shape index (κ3) is 4.57. The standard InChI is InChI=1S/C13H17FO5S/c1-2-3-6-19-7-8-20(17,18)12-5-4-10(13(15)16)9-11(12)14/h4-5,9H,2-3,6-8H2,1H3,(H,15,16). The summed E-state index contributed by atoms with van der Waals surface area (Å²) >= 11 is 0. The largest absolute Gasteiger partial charge is 0.478 e. The number of carboxylic acid groups (broad SMARTS) is 1. The highest BCUT2D eigenvalue weighted by Gasteiger charge is 2.20. The number of benzene rings is 1. The van der Waals surface area contributed by atoms with Crippen molar-refractivity contribution in [1.82, 2.24) is 0 Å². The summed E-state index contributed by atoms with van der Waals surface area (Å²) in [6, 6.07) is 2.74. The van der Waals surface area contributed by atoms with E-state index in [-0.39, 0.29) is 17.9 Å². The molecule has 0 fully saturated rings. The second-order valence-electron chi connectivity index (χ2n) is 4.24. The Hall–Kier alpha value is -1.47. The molecule has 1 aromatic rings. The van der Waals surface area contributed by atoms with Crippen LogP contribution in [-0.4, -0.2) is 38.5 Å². The van der Waals surface area contributed by atoms with Gasteiger partial charge < -0.3 is 9.84 Å². The van der Waals surface area contributed by atoms with E-state index >= 15 is 0 Å². The molecule has 0 saturated carbocycles. The predicted octanol–water partition coefficient (Wildman–Crippen LogP) is 2.11. The SMILES string of the molecule is CCCCOCCS(=O)(=O)c1ccc(C(=O)O)cc1F. The first kappa shape index (κ1) is 16.6. The van der Waals surface area contributed by atoms with E-state index in [0.29, 0.717) is 12.7 Å². The second kappa shape index (κ2) is 7.35. The van der Waals surface area contributed by atoms with Gasteiger partial charge in [-0.25, -0.2) is 17.6 Å². The summed E-state index contributed by atoms with van der Waals surface area (Å²) < 4.78 is 42.6. The molecular formula is C13H17FO5S. The van der Waals surface area contributed by atoms with Gasteiger partial charge in [-0.05, 0) is 24.6 Å². The van der Waals surface area contributed by atoms with Crippen LogP contribution in [0.2, 0.25) is 0 Å². The molecule has 0 aliphatic heterocycles. The summed E-state index contributed by atoms with van der Waals surface area (Å²) in [5.41, 5.74) is -0.291. The normalized spacial score (nSPS) is 11.5. The van der Waals surface area contributed by atoms with Crippen LogP contribution in [0.25, 0.3) is 0 Å². The topological polar surface area (TPSA) is 80.7 Å². The van der Waals surface area contributed by atoms with E-state index < -0.39 is 26.5 Å². The van der Waals surface area contributed by atoms with E-state index in [1.54, 1.807) is 0 Å². The number of carbonyl (C=O) groups is 1. The molecule has 0 aliphatic rings. The van der Waals surface area contributed by atoms with Gasteiger partial charge in [-0.15, -0.1) is 0 Å². The first-order chi connectivity index (χ1) is 9.38. The lowest BCUT2D eigenvalue weighted by Gasteiger charge is -2.07. The number of hydrogen-bond acceptors (Lipinski definition) is 4. The number of unbranched alkanes of at least 4 members (excludes halogenated alkanes) is 1. The Kier molecular flexibility index (Phi) is 6.09. The van der Waals surface area contributed by atoms with Gasteiger partial charge in [0.25, 0.3) is 0 Å². The van der Waals surface area contributed by atoms with Crippen molar-refractivity contribution in [3.05, 3.63) is 29.6 Å². The van der Waals surface area contributed by atoms with Crippen molar-refractivity contribution in [2.24, 2.45) is 0 Å². The lowest BCUT2D eigenvalue weighted by Crippen LogP contribution is -2.15. The van der Waals surface area contributed by atoms with E-state index in [2.05, 4.69) is 0 Å². The Morgan fingerprint density at radius 1 is 1.35 bits per heavy atom. The van der Waals surface area contributed by atoms with Crippen LogP contribution < -0.4 is 0 Å². The zero-order valence-electron chi connectivity index (χ0n) is 11.1.